The highest BCUT2D eigenvalue weighted by molar-refractivity contribution is 9.10. The third-order valence-electron chi connectivity index (χ3n) is 4.53. The molecule has 27 heavy (non-hydrogen) atoms. The molecular formula is C19H15BrFN3O3. The summed E-state index contributed by atoms with van der Waals surface area (Å²) < 4.78 is 19.9. The van der Waals surface area contributed by atoms with E-state index in [2.05, 4.69) is 26.2 Å². The lowest BCUT2D eigenvalue weighted by molar-refractivity contribution is -0.127. The molecule has 1 aliphatic heterocycles. The number of oxazole rings is 1. The van der Waals surface area contributed by atoms with Crippen LogP contribution in [0.15, 0.2) is 45.3 Å². The van der Waals surface area contributed by atoms with E-state index in [-0.39, 0.29) is 35.9 Å². The first-order valence-electron chi connectivity index (χ1n) is 8.31. The lowest BCUT2D eigenvalue weighted by Gasteiger charge is -2.10. The van der Waals surface area contributed by atoms with Crippen LogP contribution in [0.25, 0.3) is 22.6 Å². The Labute approximate surface area is 162 Å². The largest absolute Gasteiger partial charge is 0.436 e. The molecule has 4 rings (SSSR count). The van der Waals surface area contributed by atoms with Crippen molar-refractivity contribution in [1.29, 1.82) is 0 Å². The number of hydrogen-bond donors (Lipinski definition) is 1. The number of likely N-dealkylation sites (tertiary alicyclic amines) is 1. The van der Waals surface area contributed by atoms with E-state index in [0.29, 0.717) is 33.4 Å². The fourth-order valence-corrected chi connectivity index (χ4v) is 3.48. The van der Waals surface area contributed by atoms with Gasteiger partial charge in [0, 0.05) is 30.2 Å². The molecule has 2 heterocycles. The summed E-state index contributed by atoms with van der Waals surface area (Å²) in [6, 6.07) is 9.36. The van der Waals surface area contributed by atoms with Crippen molar-refractivity contribution in [2.24, 2.45) is 5.92 Å². The van der Waals surface area contributed by atoms with Gasteiger partial charge in [-0.3, -0.25) is 9.59 Å². The summed E-state index contributed by atoms with van der Waals surface area (Å²) in [5.74, 6) is -0.715. The monoisotopic (exact) mass is 431 g/mol. The minimum atomic E-state index is -0.389. The lowest BCUT2D eigenvalue weighted by atomic mass is 10.1. The predicted molar refractivity (Wildman–Crippen MR) is 101 cm³/mol. The van der Waals surface area contributed by atoms with Crippen LogP contribution in [0.3, 0.4) is 0 Å². The van der Waals surface area contributed by atoms with Crippen LogP contribution in [-0.2, 0) is 9.59 Å². The van der Waals surface area contributed by atoms with Crippen molar-refractivity contribution in [3.63, 3.8) is 0 Å². The molecule has 0 unspecified atom stereocenters. The second-order valence-electron chi connectivity index (χ2n) is 6.49. The number of benzene rings is 2. The summed E-state index contributed by atoms with van der Waals surface area (Å²) in [4.78, 5) is 29.9. The number of fused-ring (bicyclic) bond motifs is 1. The minimum absolute atomic E-state index is 0.0348. The molecule has 0 radical (unpaired) electrons. The van der Waals surface area contributed by atoms with E-state index in [4.69, 9.17) is 4.42 Å². The van der Waals surface area contributed by atoms with Crippen molar-refractivity contribution in [2.45, 2.75) is 6.42 Å². The number of carbonyl (C=O) groups excluding carboxylic acids is 2. The van der Waals surface area contributed by atoms with Gasteiger partial charge in [0.25, 0.3) is 0 Å². The number of anilines is 1. The van der Waals surface area contributed by atoms with Gasteiger partial charge in [-0.05, 0) is 52.3 Å². The average Bonchev–Trinajstić information content (AvgIpc) is 3.20. The maximum atomic E-state index is 13.5. The Morgan fingerprint density at radius 2 is 2.15 bits per heavy atom. The van der Waals surface area contributed by atoms with Gasteiger partial charge in [0.1, 0.15) is 11.3 Å². The molecule has 1 fully saturated rings. The van der Waals surface area contributed by atoms with Crippen molar-refractivity contribution in [3.05, 3.63) is 46.7 Å². The number of nitrogens with one attached hydrogen (secondary N) is 1. The fraction of sp³-hybridized carbons (Fsp3) is 0.211. The molecule has 0 aliphatic carbocycles. The number of nitrogens with zero attached hydrogens (tertiary/aromatic N) is 2. The number of carbonyl (C=O) groups is 2. The van der Waals surface area contributed by atoms with Gasteiger partial charge in [-0.25, -0.2) is 9.37 Å². The van der Waals surface area contributed by atoms with E-state index < -0.39 is 0 Å². The molecule has 0 bridgehead atoms. The van der Waals surface area contributed by atoms with Crippen LogP contribution in [0.2, 0.25) is 0 Å². The van der Waals surface area contributed by atoms with E-state index in [1.807, 2.05) is 0 Å². The Hall–Kier alpha value is -2.74. The highest BCUT2D eigenvalue weighted by atomic mass is 79.9. The molecule has 6 nitrogen and oxygen atoms in total. The molecule has 1 N–H and O–H groups in total. The van der Waals surface area contributed by atoms with Crippen LogP contribution in [0.4, 0.5) is 10.1 Å². The Morgan fingerprint density at radius 1 is 1.33 bits per heavy atom. The lowest BCUT2D eigenvalue weighted by Crippen LogP contribution is -2.25. The van der Waals surface area contributed by atoms with Crippen molar-refractivity contribution >= 4 is 44.5 Å². The Balaban J connectivity index is 1.59. The SMILES string of the molecule is CN1C[C@H](C(=O)Nc2ccc3oc(-c4cc(F)ccc4Br)nc3c2)CC1=O. The molecule has 1 aliphatic rings. The molecule has 138 valence electrons. The van der Waals surface area contributed by atoms with Crippen molar-refractivity contribution in [3.8, 4) is 11.5 Å². The van der Waals surface area contributed by atoms with Gasteiger partial charge >= 0.3 is 0 Å². The molecule has 8 heteroatoms. The fourth-order valence-electron chi connectivity index (χ4n) is 3.07. The molecule has 0 saturated carbocycles. The van der Waals surface area contributed by atoms with Crippen LogP contribution >= 0.6 is 15.9 Å². The zero-order valence-electron chi connectivity index (χ0n) is 14.3. The topological polar surface area (TPSA) is 75.4 Å². The van der Waals surface area contributed by atoms with Gasteiger partial charge < -0.3 is 14.6 Å². The first-order chi connectivity index (χ1) is 12.9. The van der Waals surface area contributed by atoms with Gasteiger partial charge in [-0.2, -0.15) is 0 Å². The highest BCUT2D eigenvalue weighted by Gasteiger charge is 2.32. The Morgan fingerprint density at radius 3 is 2.89 bits per heavy atom. The standard InChI is InChI=1S/C19H15BrFN3O3/c1-24-9-10(6-17(24)25)18(26)22-12-3-5-16-15(8-12)23-19(27-16)13-7-11(21)2-4-14(13)20/h2-5,7-8,10H,6,9H2,1H3,(H,22,26)/t10-/m1/s1. The molecular weight excluding hydrogens is 417 g/mol. The van der Waals surface area contributed by atoms with E-state index in [1.165, 1.54) is 12.1 Å². The quantitative estimate of drug-likeness (QED) is 0.683. The van der Waals surface area contributed by atoms with Gasteiger partial charge in [0.05, 0.1) is 11.5 Å². The number of rotatable bonds is 3. The molecule has 1 atom stereocenters. The van der Waals surface area contributed by atoms with Crippen molar-refractivity contribution < 1.29 is 18.4 Å². The zero-order chi connectivity index (χ0) is 19.1. The molecule has 0 spiro atoms. The summed E-state index contributed by atoms with van der Waals surface area (Å²) in [6.45, 7) is 0.411. The summed E-state index contributed by atoms with van der Waals surface area (Å²) in [7, 11) is 1.68. The number of halogens is 2. The summed E-state index contributed by atoms with van der Waals surface area (Å²) in [6.07, 6.45) is 0.215. The summed E-state index contributed by atoms with van der Waals surface area (Å²) >= 11 is 3.36. The van der Waals surface area contributed by atoms with E-state index in [1.54, 1.807) is 36.2 Å². The molecule has 1 aromatic heterocycles. The Kier molecular flexibility index (Phi) is 4.43. The maximum Gasteiger partial charge on any atom is 0.229 e. The maximum absolute atomic E-state index is 13.5. The van der Waals surface area contributed by atoms with Crippen LogP contribution in [0, 0.1) is 11.7 Å². The van der Waals surface area contributed by atoms with Crippen LogP contribution in [0.5, 0.6) is 0 Å². The molecule has 2 amide bonds. The predicted octanol–water partition coefficient (Wildman–Crippen LogP) is 3.81. The van der Waals surface area contributed by atoms with Gasteiger partial charge in [-0.1, -0.05) is 0 Å². The van der Waals surface area contributed by atoms with E-state index in [0.717, 1.165) is 0 Å². The van der Waals surface area contributed by atoms with Gasteiger partial charge in [0.15, 0.2) is 5.58 Å². The van der Waals surface area contributed by atoms with Crippen LogP contribution in [0.1, 0.15) is 6.42 Å². The number of aromatic nitrogens is 1. The summed E-state index contributed by atoms with van der Waals surface area (Å²) in [5.41, 5.74) is 2.13. The van der Waals surface area contributed by atoms with Gasteiger partial charge in [0.2, 0.25) is 17.7 Å². The van der Waals surface area contributed by atoms with Crippen molar-refractivity contribution in [2.75, 3.05) is 18.9 Å². The van der Waals surface area contributed by atoms with Crippen molar-refractivity contribution in [1.82, 2.24) is 9.88 Å². The third-order valence-corrected chi connectivity index (χ3v) is 5.22. The smallest absolute Gasteiger partial charge is 0.229 e. The Bertz CT molecular complexity index is 1070. The van der Waals surface area contributed by atoms with E-state index >= 15 is 0 Å². The molecule has 2 aromatic carbocycles. The first-order valence-corrected chi connectivity index (χ1v) is 9.11. The summed E-state index contributed by atoms with van der Waals surface area (Å²) in [5, 5.41) is 2.82. The number of hydrogen-bond acceptors (Lipinski definition) is 4. The minimum Gasteiger partial charge on any atom is -0.436 e. The van der Waals surface area contributed by atoms with E-state index in [9.17, 15) is 14.0 Å². The third kappa shape index (κ3) is 3.44. The van der Waals surface area contributed by atoms with Crippen LogP contribution < -0.4 is 5.32 Å². The normalized spacial score (nSPS) is 16.9. The first kappa shape index (κ1) is 17.7. The number of amides is 2. The van der Waals surface area contributed by atoms with Crippen LogP contribution in [-0.4, -0.2) is 35.3 Å². The van der Waals surface area contributed by atoms with Gasteiger partial charge in [-0.15, -0.1) is 0 Å². The highest BCUT2D eigenvalue weighted by Crippen LogP contribution is 2.32. The zero-order valence-corrected chi connectivity index (χ0v) is 15.9. The molecule has 1 saturated heterocycles. The average molecular weight is 432 g/mol. The second-order valence-corrected chi connectivity index (χ2v) is 7.34. The second kappa shape index (κ2) is 6.77. The molecule has 3 aromatic rings.